The maximum atomic E-state index is 5.93. The van der Waals surface area contributed by atoms with Gasteiger partial charge < -0.3 is 5.73 Å². The Balaban J connectivity index is 2.28. The van der Waals surface area contributed by atoms with E-state index >= 15 is 0 Å². The van der Waals surface area contributed by atoms with Crippen molar-refractivity contribution in [1.29, 1.82) is 0 Å². The highest BCUT2D eigenvalue weighted by molar-refractivity contribution is 14.1. The molecule has 2 N–H and O–H groups in total. The molecule has 2 heterocycles. The Hall–Kier alpha value is -0.630. The number of hydrogen-bond acceptors (Lipinski definition) is 4. The Kier molecular flexibility index (Phi) is 2.96. The molecule has 4 nitrogen and oxygen atoms in total. The molecule has 2 rings (SSSR count). The van der Waals surface area contributed by atoms with Gasteiger partial charge in [0.25, 0.3) is 0 Å². The van der Waals surface area contributed by atoms with Crippen LogP contribution in [0.3, 0.4) is 0 Å². The van der Waals surface area contributed by atoms with Crippen LogP contribution >= 0.6 is 33.9 Å². The lowest BCUT2D eigenvalue weighted by molar-refractivity contribution is 0.685. The van der Waals surface area contributed by atoms with Crippen molar-refractivity contribution in [2.75, 3.05) is 5.73 Å². The van der Waals surface area contributed by atoms with Gasteiger partial charge in [0.15, 0.2) is 0 Å². The van der Waals surface area contributed by atoms with Crippen LogP contribution in [0, 0.1) is 17.4 Å². The van der Waals surface area contributed by atoms with Crippen molar-refractivity contribution in [2.24, 2.45) is 0 Å². The van der Waals surface area contributed by atoms with Gasteiger partial charge in [-0.1, -0.05) is 0 Å². The summed E-state index contributed by atoms with van der Waals surface area (Å²) in [7, 11) is 0. The largest absolute Gasteiger partial charge is 0.383 e. The molecular formula is C9H11IN4S. The fourth-order valence-electron chi connectivity index (χ4n) is 1.30. The topological polar surface area (TPSA) is 56.7 Å². The minimum absolute atomic E-state index is 0.661. The van der Waals surface area contributed by atoms with E-state index in [-0.39, 0.29) is 0 Å². The van der Waals surface area contributed by atoms with Crippen LogP contribution in [0.1, 0.15) is 16.4 Å². The van der Waals surface area contributed by atoms with Crippen molar-refractivity contribution in [2.45, 2.75) is 20.4 Å². The molecule has 0 bridgehead atoms. The van der Waals surface area contributed by atoms with Crippen LogP contribution in [-0.2, 0) is 6.54 Å². The number of aromatic nitrogens is 3. The van der Waals surface area contributed by atoms with E-state index in [1.165, 1.54) is 0 Å². The van der Waals surface area contributed by atoms with E-state index in [4.69, 9.17) is 5.73 Å². The molecule has 0 unspecified atom stereocenters. The van der Waals surface area contributed by atoms with Crippen LogP contribution in [0.15, 0.2) is 5.38 Å². The van der Waals surface area contributed by atoms with Crippen LogP contribution < -0.4 is 5.73 Å². The van der Waals surface area contributed by atoms with E-state index in [9.17, 15) is 0 Å². The lowest BCUT2D eigenvalue weighted by Crippen LogP contribution is -2.06. The Morgan fingerprint density at radius 1 is 1.53 bits per heavy atom. The van der Waals surface area contributed by atoms with Crippen molar-refractivity contribution in [3.63, 3.8) is 0 Å². The number of thiazole rings is 1. The Morgan fingerprint density at radius 3 is 2.73 bits per heavy atom. The van der Waals surface area contributed by atoms with Crippen LogP contribution in [0.5, 0.6) is 0 Å². The highest BCUT2D eigenvalue weighted by Crippen LogP contribution is 2.20. The molecule has 0 atom stereocenters. The minimum Gasteiger partial charge on any atom is -0.383 e. The van der Waals surface area contributed by atoms with E-state index in [1.54, 1.807) is 16.0 Å². The molecular weight excluding hydrogens is 323 g/mol. The number of hydrogen-bond donors (Lipinski definition) is 1. The third-order valence-electron chi connectivity index (χ3n) is 2.04. The van der Waals surface area contributed by atoms with Gasteiger partial charge in [-0.25, -0.2) is 9.67 Å². The van der Waals surface area contributed by atoms with Gasteiger partial charge in [-0.05, 0) is 36.4 Å². The first-order valence-corrected chi connectivity index (χ1v) is 6.43. The summed E-state index contributed by atoms with van der Waals surface area (Å²) in [6, 6.07) is 0. The first-order valence-electron chi connectivity index (χ1n) is 4.47. The molecule has 0 aromatic carbocycles. The van der Waals surface area contributed by atoms with Gasteiger partial charge in [0, 0.05) is 11.1 Å². The van der Waals surface area contributed by atoms with Gasteiger partial charge in [0.2, 0.25) is 0 Å². The average molecular weight is 334 g/mol. The first kappa shape index (κ1) is 10.9. The zero-order valence-corrected chi connectivity index (χ0v) is 11.5. The lowest BCUT2D eigenvalue weighted by atomic mass is 10.5. The number of nitrogens with zero attached hydrogens (tertiary/aromatic N) is 3. The minimum atomic E-state index is 0.661. The predicted octanol–water partition coefficient (Wildman–Crippen LogP) is 2.19. The number of rotatable bonds is 2. The molecule has 80 valence electrons. The molecule has 2 aromatic rings. The molecule has 0 aliphatic heterocycles. The Labute approximate surface area is 106 Å². The monoisotopic (exact) mass is 334 g/mol. The van der Waals surface area contributed by atoms with Gasteiger partial charge >= 0.3 is 0 Å². The molecule has 0 saturated heterocycles. The van der Waals surface area contributed by atoms with Crippen molar-refractivity contribution >= 4 is 39.7 Å². The van der Waals surface area contributed by atoms with Crippen molar-refractivity contribution in [1.82, 2.24) is 14.8 Å². The fraction of sp³-hybridized carbons (Fsp3) is 0.333. The second-order valence-corrected chi connectivity index (χ2v) is 5.35. The van der Waals surface area contributed by atoms with Gasteiger partial charge in [-0.3, -0.25) is 0 Å². The maximum absolute atomic E-state index is 5.93. The Morgan fingerprint density at radius 2 is 2.27 bits per heavy atom. The molecule has 0 radical (unpaired) electrons. The highest BCUT2D eigenvalue weighted by Gasteiger charge is 2.10. The zero-order valence-electron chi connectivity index (χ0n) is 8.49. The van der Waals surface area contributed by atoms with E-state index in [0.717, 1.165) is 25.8 Å². The van der Waals surface area contributed by atoms with Gasteiger partial charge in [-0.2, -0.15) is 5.10 Å². The molecule has 0 fully saturated rings. The number of nitrogens with two attached hydrogens (primary N) is 1. The van der Waals surface area contributed by atoms with Gasteiger partial charge in [0.1, 0.15) is 10.8 Å². The predicted molar refractivity (Wildman–Crippen MR) is 70.0 cm³/mol. The van der Waals surface area contributed by atoms with Crippen LogP contribution in [0.4, 0.5) is 5.82 Å². The third-order valence-corrected chi connectivity index (χ3v) is 4.33. The third kappa shape index (κ3) is 2.15. The average Bonchev–Trinajstić information content (AvgIpc) is 2.68. The standard InChI is InChI=1S/C9H11IN4S/c1-5-4-15-7(12-5)3-14-9(11)8(10)6(2)13-14/h4H,3,11H2,1-2H3. The van der Waals surface area contributed by atoms with E-state index in [1.807, 2.05) is 19.2 Å². The van der Waals surface area contributed by atoms with Crippen molar-refractivity contribution in [3.8, 4) is 0 Å². The first-order chi connectivity index (χ1) is 7.08. The summed E-state index contributed by atoms with van der Waals surface area (Å²) < 4.78 is 2.83. The van der Waals surface area contributed by atoms with Gasteiger partial charge in [0.05, 0.1) is 15.8 Å². The van der Waals surface area contributed by atoms with E-state index < -0.39 is 0 Å². The molecule has 15 heavy (non-hydrogen) atoms. The molecule has 0 amide bonds. The fourth-order valence-corrected chi connectivity index (χ4v) is 2.44. The normalized spacial score (nSPS) is 10.9. The Bertz CT molecular complexity index is 488. The van der Waals surface area contributed by atoms with E-state index in [0.29, 0.717) is 6.54 Å². The number of halogens is 1. The maximum Gasteiger partial charge on any atom is 0.135 e. The quantitative estimate of drug-likeness (QED) is 0.857. The zero-order chi connectivity index (χ0) is 11.0. The van der Waals surface area contributed by atoms with E-state index in [2.05, 4.69) is 32.7 Å². The highest BCUT2D eigenvalue weighted by atomic mass is 127. The summed E-state index contributed by atoms with van der Waals surface area (Å²) in [5.41, 5.74) is 7.95. The smallest absolute Gasteiger partial charge is 0.135 e. The molecule has 0 aliphatic rings. The number of anilines is 1. The summed E-state index contributed by atoms with van der Waals surface area (Å²) in [5, 5.41) is 7.44. The van der Waals surface area contributed by atoms with Crippen LogP contribution in [0.25, 0.3) is 0 Å². The van der Waals surface area contributed by atoms with Crippen LogP contribution in [0.2, 0.25) is 0 Å². The summed E-state index contributed by atoms with van der Waals surface area (Å²) in [6.07, 6.45) is 0. The number of aryl methyl sites for hydroxylation is 2. The molecule has 0 aliphatic carbocycles. The SMILES string of the molecule is Cc1csc(Cn2nc(C)c(I)c2N)n1. The summed E-state index contributed by atoms with van der Waals surface area (Å²) >= 11 is 3.85. The number of nitrogen functional groups attached to an aromatic ring is 1. The summed E-state index contributed by atoms with van der Waals surface area (Å²) in [5.74, 6) is 0.723. The molecule has 2 aromatic heterocycles. The summed E-state index contributed by atoms with van der Waals surface area (Å²) in [4.78, 5) is 4.39. The lowest BCUT2D eigenvalue weighted by Gasteiger charge is -2.00. The summed E-state index contributed by atoms with van der Waals surface area (Å²) in [6.45, 7) is 4.61. The second-order valence-electron chi connectivity index (χ2n) is 3.32. The van der Waals surface area contributed by atoms with Gasteiger partial charge in [-0.15, -0.1) is 11.3 Å². The molecule has 6 heteroatoms. The second kappa shape index (κ2) is 4.09. The molecule has 0 spiro atoms. The van der Waals surface area contributed by atoms with Crippen molar-refractivity contribution < 1.29 is 0 Å². The van der Waals surface area contributed by atoms with Crippen molar-refractivity contribution in [3.05, 3.63) is 25.3 Å². The van der Waals surface area contributed by atoms with Crippen LogP contribution in [-0.4, -0.2) is 14.8 Å². The molecule has 0 saturated carbocycles.